The molecule has 1 saturated heterocycles. The van der Waals surface area contributed by atoms with Gasteiger partial charge in [-0.15, -0.1) is 0 Å². The first-order valence-corrected chi connectivity index (χ1v) is 8.50. The van der Waals surface area contributed by atoms with Crippen molar-refractivity contribution >= 4 is 5.69 Å². The third kappa shape index (κ3) is 3.55. The van der Waals surface area contributed by atoms with Crippen LogP contribution >= 0.6 is 0 Å². The number of nitrogens with zero attached hydrogens (tertiary/aromatic N) is 3. The van der Waals surface area contributed by atoms with Gasteiger partial charge in [0.15, 0.2) is 0 Å². The van der Waals surface area contributed by atoms with E-state index in [1.165, 1.54) is 37.3 Å². The Morgan fingerprint density at radius 2 is 1.95 bits per heavy atom. The van der Waals surface area contributed by atoms with E-state index in [1.54, 1.807) is 0 Å². The molecule has 2 fully saturated rings. The van der Waals surface area contributed by atoms with Gasteiger partial charge >= 0.3 is 0 Å². The largest absolute Gasteiger partial charge is 0.368 e. The Morgan fingerprint density at radius 3 is 2.48 bits per heavy atom. The summed E-state index contributed by atoms with van der Waals surface area (Å²) in [4.78, 5) is 9.82. The molecule has 1 aliphatic heterocycles. The molecule has 1 N–H and O–H groups in total. The topological polar surface area (TPSA) is 31.4 Å². The van der Waals surface area contributed by atoms with Crippen molar-refractivity contribution in [2.45, 2.75) is 45.2 Å². The monoisotopic (exact) mass is 288 g/mol. The summed E-state index contributed by atoms with van der Waals surface area (Å²) in [5.74, 6) is 0. The molecule has 0 amide bonds. The van der Waals surface area contributed by atoms with Crippen molar-refractivity contribution in [1.29, 1.82) is 0 Å². The van der Waals surface area contributed by atoms with Gasteiger partial charge in [-0.05, 0) is 37.9 Å². The number of pyridine rings is 1. The fourth-order valence-electron chi connectivity index (χ4n) is 3.28. The normalized spacial score (nSPS) is 21.5. The average Bonchev–Trinajstić information content (AvgIpc) is 3.38. The molecule has 4 nitrogen and oxygen atoms in total. The molecule has 4 heteroatoms. The van der Waals surface area contributed by atoms with Gasteiger partial charge in [-0.25, -0.2) is 0 Å². The van der Waals surface area contributed by atoms with Crippen LogP contribution in [0.1, 0.15) is 44.8 Å². The highest BCUT2D eigenvalue weighted by molar-refractivity contribution is 5.45. The summed E-state index contributed by atoms with van der Waals surface area (Å²) in [7, 11) is 0. The highest BCUT2D eigenvalue weighted by atomic mass is 15.3. The van der Waals surface area contributed by atoms with Gasteiger partial charge in [0.1, 0.15) is 0 Å². The minimum Gasteiger partial charge on any atom is -0.368 e. The molecule has 1 atom stereocenters. The summed E-state index contributed by atoms with van der Waals surface area (Å²) in [6, 6.07) is 5.72. The third-order valence-electron chi connectivity index (χ3n) is 4.73. The number of rotatable bonds is 6. The zero-order chi connectivity index (χ0) is 14.7. The van der Waals surface area contributed by atoms with E-state index in [2.05, 4.69) is 47.3 Å². The maximum Gasteiger partial charge on any atom is 0.0574 e. The van der Waals surface area contributed by atoms with E-state index in [1.807, 2.05) is 0 Å². The van der Waals surface area contributed by atoms with Crippen molar-refractivity contribution in [3.63, 3.8) is 0 Å². The maximum absolute atomic E-state index is 4.69. The first kappa shape index (κ1) is 14.8. The Morgan fingerprint density at radius 1 is 1.19 bits per heavy atom. The average molecular weight is 288 g/mol. The molecule has 1 aromatic rings. The van der Waals surface area contributed by atoms with Gasteiger partial charge in [-0.2, -0.15) is 0 Å². The number of aromatic nitrogens is 1. The predicted octanol–water partition coefficient (Wildman–Crippen LogP) is 2.43. The number of nitrogens with one attached hydrogen (secondary N) is 1. The summed E-state index contributed by atoms with van der Waals surface area (Å²) in [6.45, 7) is 10.0. The van der Waals surface area contributed by atoms with Crippen LogP contribution in [0.15, 0.2) is 18.3 Å². The van der Waals surface area contributed by atoms with Gasteiger partial charge < -0.3 is 10.2 Å². The Hall–Kier alpha value is -1.13. The minimum absolute atomic E-state index is 0.385. The quantitative estimate of drug-likeness (QED) is 0.871. The molecule has 1 aromatic heterocycles. The van der Waals surface area contributed by atoms with E-state index in [0.29, 0.717) is 6.04 Å². The number of piperazine rings is 1. The molecule has 0 radical (unpaired) electrons. The lowest BCUT2D eigenvalue weighted by Crippen LogP contribution is -2.47. The zero-order valence-electron chi connectivity index (χ0n) is 13.4. The summed E-state index contributed by atoms with van der Waals surface area (Å²) < 4.78 is 0. The van der Waals surface area contributed by atoms with E-state index in [4.69, 9.17) is 4.98 Å². The Bertz CT molecular complexity index is 433. The fraction of sp³-hybridized carbons (Fsp3) is 0.706. The second-order valence-corrected chi connectivity index (χ2v) is 6.21. The van der Waals surface area contributed by atoms with Crippen LogP contribution in [0.5, 0.6) is 0 Å². The van der Waals surface area contributed by atoms with Gasteiger partial charge in [0.25, 0.3) is 0 Å². The molecule has 21 heavy (non-hydrogen) atoms. The van der Waals surface area contributed by atoms with Crippen LogP contribution in [0, 0.1) is 0 Å². The van der Waals surface area contributed by atoms with Crippen LogP contribution in [0.4, 0.5) is 5.69 Å². The van der Waals surface area contributed by atoms with Crippen LogP contribution < -0.4 is 10.2 Å². The molecule has 0 spiro atoms. The molecule has 1 saturated carbocycles. The van der Waals surface area contributed by atoms with E-state index in [9.17, 15) is 0 Å². The van der Waals surface area contributed by atoms with Gasteiger partial charge in [0, 0.05) is 38.3 Å². The zero-order valence-corrected chi connectivity index (χ0v) is 13.4. The van der Waals surface area contributed by atoms with Crippen LogP contribution in [0.25, 0.3) is 0 Å². The standard InChI is InChI=1S/C17H28N4/c1-3-16(18-4-2)17-8-7-15(13-19-17)21-11-9-20(10-12-21)14-5-6-14/h7-8,13-14,16,18H,3-6,9-12H2,1-2H3. The molecule has 2 heterocycles. The van der Waals surface area contributed by atoms with Gasteiger partial charge in [-0.3, -0.25) is 9.88 Å². The number of hydrogen-bond donors (Lipinski definition) is 1. The van der Waals surface area contributed by atoms with E-state index < -0.39 is 0 Å². The second-order valence-electron chi connectivity index (χ2n) is 6.21. The maximum atomic E-state index is 4.69. The number of anilines is 1. The first-order valence-electron chi connectivity index (χ1n) is 8.50. The Balaban J connectivity index is 1.58. The molecule has 0 aromatic carbocycles. The molecule has 116 valence electrons. The summed E-state index contributed by atoms with van der Waals surface area (Å²) in [6.07, 6.45) is 5.97. The Labute approximate surface area is 128 Å². The molecule has 0 bridgehead atoms. The summed E-state index contributed by atoms with van der Waals surface area (Å²) >= 11 is 0. The first-order chi connectivity index (χ1) is 10.3. The minimum atomic E-state index is 0.385. The summed E-state index contributed by atoms with van der Waals surface area (Å²) in [5.41, 5.74) is 2.44. The molecule has 1 aliphatic carbocycles. The third-order valence-corrected chi connectivity index (χ3v) is 4.73. The van der Waals surface area contributed by atoms with Gasteiger partial charge in [0.05, 0.1) is 17.6 Å². The van der Waals surface area contributed by atoms with Crippen LogP contribution in [-0.4, -0.2) is 48.6 Å². The van der Waals surface area contributed by atoms with E-state index in [-0.39, 0.29) is 0 Å². The van der Waals surface area contributed by atoms with Crippen LogP contribution in [0.3, 0.4) is 0 Å². The smallest absolute Gasteiger partial charge is 0.0574 e. The van der Waals surface area contributed by atoms with Crippen molar-refractivity contribution < 1.29 is 0 Å². The Kier molecular flexibility index (Phi) is 4.76. The SMILES string of the molecule is CCNC(CC)c1ccc(N2CCN(C3CC3)CC2)cn1. The molecule has 2 aliphatic rings. The molecule has 1 unspecified atom stereocenters. The van der Waals surface area contributed by atoms with Crippen molar-refractivity contribution in [3.05, 3.63) is 24.0 Å². The number of hydrogen-bond acceptors (Lipinski definition) is 4. The fourth-order valence-corrected chi connectivity index (χ4v) is 3.28. The molecular formula is C17H28N4. The lowest BCUT2D eigenvalue weighted by Gasteiger charge is -2.36. The van der Waals surface area contributed by atoms with Crippen molar-refractivity contribution in [2.75, 3.05) is 37.6 Å². The van der Waals surface area contributed by atoms with Crippen LogP contribution in [-0.2, 0) is 0 Å². The van der Waals surface area contributed by atoms with Crippen molar-refractivity contribution in [2.24, 2.45) is 0 Å². The highest BCUT2D eigenvalue weighted by Gasteiger charge is 2.31. The van der Waals surface area contributed by atoms with E-state index in [0.717, 1.165) is 32.1 Å². The van der Waals surface area contributed by atoms with Gasteiger partial charge in [0.2, 0.25) is 0 Å². The second kappa shape index (κ2) is 6.75. The summed E-state index contributed by atoms with van der Waals surface area (Å²) in [5, 5.41) is 3.49. The lowest BCUT2D eigenvalue weighted by molar-refractivity contribution is 0.248. The van der Waals surface area contributed by atoms with E-state index >= 15 is 0 Å². The van der Waals surface area contributed by atoms with Gasteiger partial charge in [-0.1, -0.05) is 13.8 Å². The van der Waals surface area contributed by atoms with Crippen LogP contribution in [0.2, 0.25) is 0 Å². The molecular weight excluding hydrogens is 260 g/mol. The molecule has 3 rings (SSSR count). The highest BCUT2D eigenvalue weighted by Crippen LogP contribution is 2.28. The van der Waals surface area contributed by atoms with Crippen molar-refractivity contribution in [1.82, 2.24) is 15.2 Å². The van der Waals surface area contributed by atoms with Crippen molar-refractivity contribution in [3.8, 4) is 0 Å². The lowest BCUT2D eigenvalue weighted by atomic mass is 10.1. The predicted molar refractivity (Wildman–Crippen MR) is 87.8 cm³/mol.